The van der Waals surface area contributed by atoms with Crippen molar-refractivity contribution in [1.82, 2.24) is 14.5 Å². The maximum atomic E-state index is 13.4. The zero-order valence-electron chi connectivity index (χ0n) is 17.5. The van der Waals surface area contributed by atoms with Crippen LogP contribution in [-0.2, 0) is 11.3 Å². The topological polar surface area (TPSA) is 67.2 Å². The minimum atomic E-state index is -0.729. The molecule has 0 saturated carbocycles. The van der Waals surface area contributed by atoms with Gasteiger partial charge in [0, 0.05) is 15.6 Å². The van der Waals surface area contributed by atoms with Gasteiger partial charge >= 0.3 is 0 Å². The molecule has 1 atom stereocenters. The largest absolute Gasteiger partial charge is 0.324 e. The van der Waals surface area contributed by atoms with E-state index >= 15 is 0 Å². The van der Waals surface area contributed by atoms with E-state index in [9.17, 15) is 9.59 Å². The quantitative estimate of drug-likeness (QED) is 0.652. The lowest BCUT2D eigenvalue weighted by Crippen LogP contribution is -2.36. The smallest absolute Gasteiger partial charge is 0.263 e. The third-order valence-electron chi connectivity index (χ3n) is 5.06. The number of aryl methyl sites for hydroxylation is 2. The molecule has 1 aromatic carbocycles. The van der Waals surface area contributed by atoms with Crippen molar-refractivity contribution in [3.05, 3.63) is 55.4 Å². The summed E-state index contributed by atoms with van der Waals surface area (Å²) in [6, 6.07) is 4.62. The Bertz CT molecular complexity index is 1150. The Morgan fingerprint density at radius 3 is 2.62 bits per heavy atom. The molecule has 0 aliphatic heterocycles. The van der Waals surface area contributed by atoms with Gasteiger partial charge in [-0.2, -0.15) is 0 Å². The Kier molecular flexibility index (Phi) is 6.12. The number of aromatic nitrogens is 2. The highest BCUT2D eigenvalue weighted by atomic mass is 35.5. The molecule has 1 amide bonds. The van der Waals surface area contributed by atoms with Crippen molar-refractivity contribution in [3.8, 4) is 0 Å². The van der Waals surface area contributed by atoms with Crippen LogP contribution in [0, 0.1) is 20.8 Å². The Balaban J connectivity index is 2.09. The summed E-state index contributed by atoms with van der Waals surface area (Å²) in [6.07, 6.45) is 0. The minimum Gasteiger partial charge on any atom is -0.324 e. The van der Waals surface area contributed by atoms with Gasteiger partial charge in [0.2, 0.25) is 5.91 Å². The van der Waals surface area contributed by atoms with Crippen LogP contribution in [0.5, 0.6) is 0 Å². The van der Waals surface area contributed by atoms with Crippen molar-refractivity contribution in [3.63, 3.8) is 0 Å². The zero-order valence-corrected chi connectivity index (χ0v) is 19.0. The molecule has 0 fully saturated rings. The highest BCUT2D eigenvalue weighted by molar-refractivity contribution is 7.18. The standard InChI is InChI=1S/C21H25ClN4O2S/c1-11-14(4)29-20-18(11)21(28)26(17(24-20)10-25(5)6)13(3)19(27)23-16-9-7-8-15(22)12(16)2/h7-9,13H,10H2,1-6H3,(H,23,27). The summed E-state index contributed by atoms with van der Waals surface area (Å²) in [4.78, 5) is 34.9. The first-order valence-corrected chi connectivity index (χ1v) is 10.5. The Morgan fingerprint density at radius 2 is 1.97 bits per heavy atom. The molecular weight excluding hydrogens is 408 g/mol. The third-order valence-corrected chi connectivity index (χ3v) is 6.57. The van der Waals surface area contributed by atoms with Crippen molar-refractivity contribution in [2.24, 2.45) is 0 Å². The number of carbonyl (C=O) groups excluding carboxylic acids is 1. The van der Waals surface area contributed by atoms with Crippen molar-refractivity contribution in [1.29, 1.82) is 0 Å². The molecule has 0 spiro atoms. The van der Waals surface area contributed by atoms with Gasteiger partial charge < -0.3 is 10.2 Å². The number of amides is 1. The van der Waals surface area contributed by atoms with Crippen LogP contribution in [0.15, 0.2) is 23.0 Å². The number of fused-ring (bicyclic) bond motifs is 1. The SMILES string of the molecule is Cc1sc2nc(CN(C)C)n(C(C)C(=O)Nc3cccc(Cl)c3C)c(=O)c2c1C. The summed E-state index contributed by atoms with van der Waals surface area (Å²) >= 11 is 7.68. The van der Waals surface area contributed by atoms with Crippen LogP contribution in [0.2, 0.25) is 5.02 Å². The molecule has 3 aromatic rings. The lowest BCUT2D eigenvalue weighted by Gasteiger charge is -2.21. The molecule has 0 bridgehead atoms. The second kappa shape index (κ2) is 8.26. The van der Waals surface area contributed by atoms with Gasteiger partial charge in [0.15, 0.2) is 0 Å². The average Bonchev–Trinajstić information content (AvgIpc) is 2.92. The molecular formula is C21H25ClN4O2S. The second-order valence-corrected chi connectivity index (χ2v) is 9.09. The number of anilines is 1. The van der Waals surface area contributed by atoms with E-state index < -0.39 is 6.04 Å². The first-order chi connectivity index (χ1) is 13.6. The maximum Gasteiger partial charge on any atom is 0.263 e. The predicted molar refractivity (Wildman–Crippen MR) is 120 cm³/mol. The van der Waals surface area contributed by atoms with E-state index in [1.165, 1.54) is 15.9 Å². The van der Waals surface area contributed by atoms with Crippen molar-refractivity contribution >= 4 is 44.7 Å². The maximum absolute atomic E-state index is 13.4. The van der Waals surface area contributed by atoms with Gasteiger partial charge in [-0.15, -0.1) is 11.3 Å². The summed E-state index contributed by atoms with van der Waals surface area (Å²) in [5.41, 5.74) is 2.16. The minimum absolute atomic E-state index is 0.181. The van der Waals surface area contributed by atoms with E-state index in [0.717, 1.165) is 20.8 Å². The Hall–Kier alpha value is -2.22. The fourth-order valence-corrected chi connectivity index (χ4v) is 4.45. The molecule has 6 nitrogen and oxygen atoms in total. The van der Waals surface area contributed by atoms with Crippen LogP contribution in [0.4, 0.5) is 5.69 Å². The van der Waals surface area contributed by atoms with E-state index in [4.69, 9.17) is 16.6 Å². The lowest BCUT2D eigenvalue weighted by atomic mass is 10.1. The van der Waals surface area contributed by atoms with Gasteiger partial charge in [0.1, 0.15) is 16.7 Å². The molecule has 29 heavy (non-hydrogen) atoms. The number of nitrogens with one attached hydrogen (secondary N) is 1. The summed E-state index contributed by atoms with van der Waals surface area (Å²) in [5.74, 6) is 0.280. The van der Waals surface area contributed by atoms with Crippen molar-refractivity contribution < 1.29 is 4.79 Å². The molecule has 8 heteroatoms. The molecule has 2 aromatic heterocycles. The van der Waals surface area contributed by atoms with Crippen LogP contribution >= 0.6 is 22.9 Å². The average molecular weight is 433 g/mol. The number of nitrogens with zero attached hydrogens (tertiary/aromatic N) is 3. The number of rotatable bonds is 5. The molecule has 154 valence electrons. The number of halogens is 1. The van der Waals surface area contributed by atoms with E-state index in [1.54, 1.807) is 25.1 Å². The van der Waals surface area contributed by atoms with E-state index in [1.807, 2.05) is 39.8 Å². The van der Waals surface area contributed by atoms with Crippen LogP contribution < -0.4 is 10.9 Å². The van der Waals surface area contributed by atoms with Gasteiger partial charge in [0.05, 0.1) is 11.9 Å². The van der Waals surface area contributed by atoms with Crippen molar-refractivity contribution in [2.45, 2.75) is 40.3 Å². The highest BCUT2D eigenvalue weighted by Gasteiger charge is 2.24. The molecule has 1 unspecified atom stereocenters. The van der Waals surface area contributed by atoms with Gasteiger partial charge in [-0.05, 0) is 65.0 Å². The Labute approximate surface area is 179 Å². The van der Waals surface area contributed by atoms with Crippen LogP contribution in [0.1, 0.15) is 34.8 Å². The van der Waals surface area contributed by atoms with E-state index in [2.05, 4.69) is 5.32 Å². The van der Waals surface area contributed by atoms with Gasteiger partial charge in [-0.1, -0.05) is 17.7 Å². The Morgan fingerprint density at radius 1 is 1.28 bits per heavy atom. The van der Waals surface area contributed by atoms with Gasteiger partial charge in [-0.25, -0.2) is 4.98 Å². The van der Waals surface area contributed by atoms with E-state index in [0.29, 0.717) is 28.5 Å². The second-order valence-electron chi connectivity index (χ2n) is 7.48. The van der Waals surface area contributed by atoms with Crippen molar-refractivity contribution in [2.75, 3.05) is 19.4 Å². The van der Waals surface area contributed by atoms with Gasteiger partial charge in [-0.3, -0.25) is 14.2 Å². The third kappa shape index (κ3) is 4.08. The number of thiophene rings is 1. The summed E-state index contributed by atoms with van der Waals surface area (Å²) in [7, 11) is 3.82. The molecule has 0 aliphatic carbocycles. The van der Waals surface area contributed by atoms with Crippen LogP contribution in [0.25, 0.3) is 10.2 Å². The molecule has 1 N–H and O–H groups in total. The monoisotopic (exact) mass is 432 g/mol. The highest BCUT2D eigenvalue weighted by Crippen LogP contribution is 2.28. The number of benzene rings is 1. The normalized spacial score (nSPS) is 12.6. The summed E-state index contributed by atoms with van der Waals surface area (Å²) in [5, 5.41) is 4.07. The number of carbonyl (C=O) groups is 1. The zero-order chi connectivity index (χ0) is 21.5. The van der Waals surface area contributed by atoms with Crippen LogP contribution in [0.3, 0.4) is 0 Å². The first-order valence-electron chi connectivity index (χ1n) is 9.33. The lowest BCUT2D eigenvalue weighted by molar-refractivity contribution is -0.119. The van der Waals surface area contributed by atoms with Crippen LogP contribution in [-0.4, -0.2) is 34.5 Å². The fraction of sp³-hybridized carbons (Fsp3) is 0.381. The molecule has 0 aliphatic rings. The fourth-order valence-electron chi connectivity index (χ4n) is 3.24. The first kappa shape index (κ1) is 21.5. The predicted octanol–water partition coefficient (Wildman–Crippen LogP) is 4.30. The summed E-state index contributed by atoms with van der Waals surface area (Å²) < 4.78 is 1.51. The molecule has 3 rings (SSSR count). The number of hydrogen-bond acceptors (Lipinski definition) is 5. The summed E-state index contributed by atoms with van der Waals surface area (Å²) in [6.45, 7) is 7.92. The molecule has 0 saturated heterocycles. The van der Waals surface area contributed by atoms with Gasteiger partial charge in [0.25, 0.3) is 5.56 Å². The molecule has 2 heterocycles. The van der Waals surface area contributed by atoms with E-state index in [-0.39, 0.29) is 11.5 Å². The number of hydrogen-bond donors (Lipinski definition) is 1. The molecule has 0 radical (unpaired) electrons.